The summed E-state index contributed by atoms with van der Waals surface area (Å²) in [7, 11) is 1.35. The maximum atomic E-state index is 11.4. The molecule has 0 saturated heterocycles. The lowest BCUT2D eigenvalue weighted by Crippen LogP contribution is -2.02. The Morgan fingerprint density at radius 1 is 1.59 bits per heavy atom. The number of imidazole rings is 1. The highest BCUT2D eigenvalue weighted by atomic mass is 35.5. The number of fused-ring (bicyclic) bond motifs is 1. The Morgan fingerprint density at radius 2 is 2.35 bits per heavy atom. The first-order chi connectivity index (χ1) is 8.17. The largest absolute Gasteiger partial charge is 0.465 e. The van der Waals surface area contributed by atoms with Crippen LogP contribution < -0.4 is 0 Å². The highest BCUT2D eigenvalue weighted by Gasteiger charge is 2.12. The Morgan fingerprint density at radius 3 is 3.00 bits per heavy atom. The van der Waals surface area contributed by atoms with Gasteiger partial charge in [-0.2, -0.15) is 0 Å². The van der Waals surface area contributed by atoms with Gasteiger partial charge in [-0.1, -0.05) is 18.5 Å². The summed E-state index contributed by atoms with van der Waals surface area (Å²) in [4.78, 5) is 15.7. The lowest BCUT2D eigenvalue weighted by molar-refractivity contribution is 0.0600. The monoisotopic (exact) mass is 252 g/mol. The highest BCUT2D eigenvalue weighted by molar-refractivity contribution is 6.32. The number of nitrogens with zero attached hydrogens (tertiary/aromatic N) is 2. The van der Waals surface area contributed by atoms with Crippen molar-refractivity contribution in [2.45, 2.75) is 19.8 Å². The molecular weight excluding hydrogens is 240 g/mol. The topological polar surface area (TPSA) is 43.6 Å². The van der Waals surface area contributed by atoms with Gasteiger partial charge in [0.15, 0.2) is 5.15 Å². The summed E-state index contributed by atoms with van der Waals surface area (Å²) in [5, 5.41) is 0.416. The van der Waals surface area contributed by atoms with Crippen LogP contribution in [0, 0.1) is 0 Å². The van der Waals surface area contributed by atoms with Crippen molar-refractivity contribution in [2.24, 2.45) is 0 Å². The molecule has 0 amide bonds. The average molecular weight is 253 g/mol. The van der Waals surface area contributed by atoms with Gasteiger partial charge in [0, 0.05) is 12.6 Å². The van der Waals surface area contributed by atoms with Crippen molar-refractivity contribution < 1.29 is 9.53 Å². The Hall–Kier alpha value is -1.55. The number of halogens is 1. The third-order valence-electron chi connectivity index (χ3n) is 2.57. The Labute approximate surface area is 104 Å². The number of esters is 1. The summed E-state index contributed by atoms with van der Waals surface area (Å²) in [6.07, 6.45) is 3.64. The molecule has 0 atom stereocenters. The van der Waals surface area contributed by atoms with E-state index in [0.29, 0.717) is 10.7 Å². The molecule has 0 spiro atoms. The fourth-order valence-electron chi connectivity index (χ4n) is 1.75. The van der Waals surface area contributed by atoms with E-state index in [0.717, 1.165) is 24.2 Å². The maximum absolute atomic E-state index is 11.4. The Balaban J connectivity index is 2.55. The molecule has 2 aromatic rings. The van der Waals surface area contributed by atoms with Crippen LogP contribution in [0.3, 0.4) is 0 Å². The summed E-state index contributed by atoms with van der Waals surface area (Å²) in [6.45, 7) is 2.08. The van der Waals surface area contributed by atoms with Crippen LogP contribution in [0.5, 0.6) is 0 Å². The van der Waals surface area contributed by atoms with Crippen LogP contribution in [0.1, 0.15) is 29.5 Å². The van der Waals surface area contributed by atoms with Gasteiger partial charge < -0.3 is 9.14 Å². The number of methoxy groups -OCH3 is 1. The van der Waals surface area contributed by atoms with Gasteiger partial charge in [0.2, 0.25) is 0 Å². The second kappa shape index (κ2) is 4.75. The first kappa shape index (κ1) is 11.9. The van der Waals surface area contributed by atoms with E-state index in [4.69, 9.17) is 11.6 Å². The number of carbonyl (C=O) groups is 1. The lowest BCUT2D eigenvalue weighted by atomic mass is 10.2. The molecule has 5 heteroatoms. The van der Waals surface area contributed by atoms with E-state index in [1.807, 2.05) is 4.40 Å². The third kappa shape index (κ3) is 2.13. The molecule has 90 valence electrons. The number of hydrogen-bond donors (Lipinski definition) is 0. The van der Waals surface area contributed by atoms with E-state index < -0.39 is 0 Å². The quantitative estimate of drug-likeness (QED) is 0.789. The van der Waals surface area contributed by atoms with Crippen molar-refractivity contribution in [3.8, 4) is 0 Å². The van der Waals surface area contributed by atoms with E-state index in [1.54, 1.807) is 18.3 Å². The molecule has 0 aromatic carbocycles. The summed E-state index contributed by atoms with van der Waals surface area (Å²) in [5.41, 5.74) is 1.21. The molecule has 2 rings (SSSR count). The van der Waals surface area contributed by atoms with Crippen LogP contribution in [0.4, 0.5) is 0 Å². The van der Waals surface area contributed by atoms with Crippen molar-refractivity contribution in [2.75, 3.05) is 7.11 Å². The van der Waals surface area contributed by atoms with E-state index in [9.17, 15) is 4.79 Å². The second-order valence-electron chi connectivity index (χ2n) is 3.73. The number of aromatic nitrogens is 2. The van der Waals surface area contributed by atoms with Crippen LogP contribution in [-0.4, -0.2) is 22.5 Å². The maximum Gasteiger partial charge on any atom is 0.337 e. The molecule has 0 unspecified atom stereocenters. The van der Waals surface area contributed by atoms with Crippen LogP contribution in [0.25, 0.3) is 5.52 Å². The number of ether oxygens (including phenoxy) is 1. The van der Waals surface area contributed by atoms with Gasteiger partial charge in [0.1, 0.15) is 5.82 Å². The number of carbonyl (C=O) groups excluding carboxylic acids is 1. The molecule has 0 N–H and O–H groups in total. The van der Waals surface area contributed by atoms with Crippen LogP contribution >= 0.6 is 11.6 Å². The summed E-state index contributed by atoms with van der Waals surface area (Å²) < 4.78 is 6.57. The molecule has 2 heterocycles. The zero-order valence-electron chi connectivity index (χ0n) is 9.74. The van der Waals surface area contributed by atoms with Crippen LogP contribution in [0.2, 0.25) is 5.15 Å². The molecule has 0 fully saturated rings. The van der Waals surface area contributed by atoms with Crippen molar-refractivity contribution in [3.05, 3.63) is 34.9 Å². The smallest absolute Gasteiger partial charge is 0.337 e. The standard InChI is InChI=1S/C12H13ClN2O2/c1-3-4-10-14-11(13)9-7-8(12(16)17-2)5-6-15(9)10/h5-7H,3-4H2,1-2H3. The third-order valence-corrected chi connectivity index (χ3v) is 2.84. The predicted octanol–water partition coefficient (Wildman–Crippen LogP) is 2.73. The minimum atomic E-state index is -0.373. The van der Waals surface area contributed by atoms with E-state index in [-0.39, 0.29) is 5.97 Å². The molecule has 2 aromatic heterocycles. The molecular formula is C12H13ClN2O2. The lowest BCUT2D eigenvalue weighted by Gasteiger charge is -2.02. The van der Waals surface area contributed by atoms with Crippen LogP contribution in [0.15, 0.2) is 18.3 Å². The normalized spacial score (nSPS) is 10.8. The van der Waals surface area contributed by atoms with Crippen molar-refractivity contribution in [1.29, 1.82) is 0 Å². The molecule has 0 bridgehead atoms. The van der Waals surface area contributed by atoms with E-state index in [1.165, 1.54) is 7.11 Å². The first-order valence-corrected chi connectivity index (χ1v) is 5.80. The molecule has 4 nitrogen and oxygen atoms in total. The van der Waals surface area contributed by atoms with Crippen molar-refractivity contribution >= 4 is 23.1 Å². The minimum absolute atomic E-state index is 0.373. The Bertz CT molecular complexity index is 563. The number of rotatable bonds is 3. The molecule has 17 heavy (non-hydrogen) atoms. The molecule has 0 aliphatic heterocycles. The van der Waals surface area contributed by atoms with Gasteiger partial charge in [-0.25, -0.2) is 9.78 Å². The predicted molar refractivity (Wildman–Crippen MR) is 65.5 cm³/mol. The molecule has 0 aliphatic carbocycles. The SMILES string of the molecule is CCCc1nc(Cl)c2cc(C(=O)OC)ccn12. The van der Waals surface area contributed by atoms with E-state index >= 15 is 0 Å². The fraction of sp³-hybridized carbons (Fsp3) is 0.333. The second-order valence-corrected chi connectivity index (χ2v) is 4.09. The van der Waals surface area contributed by atoms with Crippen LogP contribution in [-0.2, 0) is 11.2 Å². The highest BCUT2D eigenvalue weighted by Crippen LogP contribution is 2.20. The number of hydrogen-bond acceptors (Lipinski definition) is 3. The summed E-state index contributed by atoms with van der Waals surface area (Å²) >= 11 is 6.05. The van der Waals surface area contributed by atoms with Gasteiger partial charge >= 0.3 is 5.97 Å². The first-order valence-electron chi connectivity index (χ1n) is 5.42. The fourth-order valence-corrected chi connectivity index (χ4v) is 2.00. The zero-order chi connectivity index (χ0) is 12.4. The number of pyridine rings is 1. The number of aryl methyl sites for hydroxylation is 1. The molecule has 0 saturated carbocycles. The molecule has 0 aliphatic rings. The van der Waals surface area contributed by atoms with Crippen molar-refractivity contribution in [3.63, 3.8) is 0 Å². The summed E-state index contributed by atoms with van der Waals surface area (Å²) in [5.74, 6) is 0.533. The Kier molecular flexibility index (Phi) is 3.33. The van der Waals surface area contributed by atoms with Gasteiger partial charge in [0.25, 0.3) is 0 Å². The van der Waals surface area contributed by atoms with Gasteiger partial charge in [-0.05, 0) is 18.6 Å². The van der Waals surface area contributed by atoms with Gasteiger partial charge in [-0.3, -0.25) is 0 Å². The average Bonchev–Trinajstić information content (AvgIpc) is 2.65. The van der Waals surface area contributed by atoms with Crippen molar-refractivity contribution in [1.82, 2.24) is 9.38 Å². The molecule has 0 radical (unpaired) electrons. The van der Waals surface area contributed by atoms with E-state index in [2.05, 4.69) is 16.6 Å². The van der Waals surface area contributed by atoms with Gasteiger partial charge in [-0.15, -0.1) is 0 Å². The zero-order valence-corrected chi connectivity index (χ0v) is 10.5. The van der Waals surface area contributed by atoms with Gasteiger partial charge in [0.05, 0.1) is 18.2 Å². The summed E-state index contributed by atoms with van der Waals surface area (Å²) in [6, 6.07) is 3.40. The minimum Gasteiger partial charge on any atom is -0.465 e.